The molecule has 1 nitrogen and oxygen atoms in total. The number of rotatable bonds is 13. The Kier molecular flexibility index (Phi) is 10.6. The maximum Gasteiger partial charge on any atom is 0.0743 e. The molecule has 0 aromatic rings. The van der Waals surface area contributed by atoms with Crippen LogP contribution < -0.4 is 0 Å². The van der Waals surface area contributed by atoms with Gasteiger partial charge in [0.25, 0.3) is 0 Å². The van der Waals surface area contributed by atoms with Gasteiger partial charge in [0.2, 0.25) is 0 Å². The minimum Gasteiger partial charge on any atom is -0.389 e. The van der Waals surface area contributed by atoms with Gasteiger partial charge in [-0.25, -0.2) is 0 Å². The Hall–Kier alpha value is -1.00. The number of hydrogen-bond acceptors (Lipinski definition) is 1. The molecular formula is C31H52O. The molecule has 2 unspecified atom stereocenters. The predicted molar refractivity (Wildman–Crippen MR) is 140 cm³/mol. The summed E-state index contributed by atoms with van der Waals surface area (Å²) < 4.78 is 0. The van der Waals surface area contributed by atoms with Crippen LogP contribution in [0.1, 0.15) is 112 Å². The highest BCUT2D eigenvalue weighted by atomic mass is 16.3. The van der Waals surface area contributed by atoms with Crippen LogP contribution in [0.15, 0.2) is 24.8 Å². The van der Waals surface area contributed by atoms with E-state index in [1.807, 2.05) is 6.08 Å². The molecule has 2 aliphatic rings. The fourth-order valence-electron chi connectivity index (χ4n) is 7.60. The summed E-state index contributed by atoms with van der Waals surface area (Å²) in [6.07, 6.45) is 25.8. The van der Waals surface area contributed by atoms with E-state index in [9.17, 15) is 5.11 Å². The highest BCUT2D eigenvalue weighted by molar-refractivity contribution is 5.12. The average molecular weight is 441 g/mol. The minimum atomic E-state index is -0.623. The second kappa shape index (κ2) is 12.5. The Morgan fingerprint density at radius 3 is 2.53 bits per heavy atom. The van der Waals surface area contributed by atoms with Gasteiger partial charge in [-0.2, -0.15) is 0 Å². The lowest BCUT2D eigenvalue weighted by Crippen LogP contribution is -2.55. The Balaban J connectivity index is 2.17. The highest BCUT2D eigenvalue weighted by Gasteiger charge is 2.60. The third kappa shape index (κ3) is 6.32. The largest absolute Gasteiger partial charge is 0.389 e. The summed E-state index contributed by atoms with van der Waals surface area (Å²) in [5.74, 6) is 6.40. The molecule has 1 heteroatoms. The van der Waals surface area contributed by atoms with Gasteiger partial charge >= 0.3 is 0 Å². The zero-order valence-corrected chi connectivity index (χ0v) is 21.9. The molecule has 182 valence electrons. The second-order valence-electron chi connectivity index (χ2n) is 11.9. The number of fused-ring (bicyclic) bond motifs is 1. The molecule has 0 aromatic heterocycles. The number of terminal acetylenes is 1. The first-order valence-corrected chi connectivity index (χ1v) is 13.6. The number of aliphatic hydroxyl groups is 1. The van der Waals surface area contributed by atoms with E-state index in [-0.39, 0.29) is 5.41 Å². The predicted octanol–water partition coefficient (Wildman–Crippen LogP) is 8.58. The minimum absolute atomic E-state index is 0.259. The van der Waals surface area contributed by atoms with Crippen molar-refractivity contribution in [2.45, 2.75) is 117 Å². The van der Waals surface area contributed by atoms with Crippen molar-refractivity contribution < 1.29 is 5.11 Å². The van der Waals surface area contributed by atoms with Crippen molar-refractivity contribution in [1.82, 2.24) is 0 Å². The maximum atomic E-state index is 12.3. The van der Waals surface area contributed by atoms with Crippen LogP contribution in [0.5, 0.6) is 0 Å². The number of hydrogen-bond donors (Lipinski definition) is 1. The van der Waals surface area contributed by atoms with Crippen molar-refractivity contribution in [2.24, 2.45) is 40.9 Å². The molecule has 0 heterocycles. The van der Waals surface area contributed by atoms with Crippen LogP contribution in [0.25, 0.3) is 0 Å². The summed E-state index contributed by atoms with van der Waals surface area (Å²) in [5.41, 5.74) is -0.363. The summed E-state index contributed by atoms with van der Waals surface area (Å²) >= 11 is 0. The zero-order valence-electron chi connectivity index (χ0n) is 21.9. The smallest absolute Gasteiger partial charge is 0.0743 e. The summed E-state index contributed by atoms with van der Waals surface area (Å²) in [6.45, 7) is 15.9. The maximum absolute atomic E-state index is 12.3. The average Bonchev–Trinajstić information content (AvgIpc) is 3.09. The van der Waals surface area contributed by atoms with Crippen LogP contribution >= 0.6 is 0 Å². The van der Waals surface area contributed by atoms with Crippen LogP contribution in [-0.4, -0.2) is 10.7 Å². The molecule has 2 aliphatic carbocycles. The summed E-state index contributed by atoms with van der Waals surface area (Å²) in [5, 5.41) is 12.3. The first-order valence-electron chi connectivity index (χ1n) is 13.6. The Labute approximate surface area is 200 Å². The molecule has 1 N–H and O–H groups in total. The third-order valence-corrected chi connectivity index (χ3v) is 9.25. The van der Waals surface area contributed by atoms with Gasteiger partial charge in [0, 0.05) is 6.42 Å². The van der Waals surface area contributed by atoms with Crippen molar-refractivity contribution in [2.75, 3.05) is 0 Å². The van der Waals surface area contributed by atoms with Crippen LogP contribution in [0.4, 0.5) is 0 Å². The van der Waals surface area contributed by atoms with Crippen LogP contribution in [-0.2, 0) is 0 Å². The molecular weight excluding hydrogens is 388 g/mol. The number of allylic oxidation sites excluding steroid dienone is 2. The summed E-state index contributed by atoms with van der Waals surface area (Å²) in [6, 6.07) is 0. The standard InChI is InChI=1S/C31H52O/c1-8-11-12-17-26(14-9-2)23-27-20-22-30(7)28(25(6)16-13-15-24(4)5)18-19-29(30)31(27,32)21-10-3/h2,10-12,24-29,32H,3,8,13-23H2,1,4-7H3/b12-11+/t25-,26?,27+,28-,29?,30-,31+/m1/s1. The van der Waals surface area contributed by atoms with E-state index < -0.39 is 5.60 Å². The third-order valence-electron chi connectivity index (χ3n) is 9.25. The molecule has 2 saturated carbocycles. The first kappa shape index (κ1) is 27.2. The van der Waals surface area contributed by atoms with Crippen molar-refractivity contribution in [3.05, 3.63) is 24.8 Å². The van der Waals surface area contributed by atoms with E-state index in [4.69, 9.17) is 6.42 Å². The Bertz CT molecular complexity index is 639. The monoisotopic (exact) mass is 440 g/mol. The van der Waals surface area contributed by atoms with E-state index in [1.165, 1.54) is 38.5 Å². The first-order chi connectivity index (χ1) is 15.2. The lowest BCUT2D eigenvalue weighted by atomic mass is 9.52. The summed E-state index contributed by atoms with van der Waals surface area (Å²) in [4.78, 5) is 0. The van der Waals surface area contributed by atoms with Gasteiger partial charge in [0.15, 0.2) is 0 Å². The van der Waals surface area contributed by atoms with Crippen LogP contribution in [0.2, 0.25) is 0 Å². The Morgan fingerprint density at radius 1 is 1.16 bits per heavy atom. The highest BCUT2D eigenvalue weighted by Crippen LogP contribution is 2.64. The van der Waals surface area contributed by atoms with E-state index in [1.54, 1.807) is 0 Å². The molecule has 0 amide bonds. The van der Waals surface area contributed by atoms with Crippen molar-refractivity contribution in [3.8, 4) is 12.3 Å². The quantitative estimate of drug-likeness (QED) is 0.224. The molecule has 0 saturated heterocycles. The SMILES string of the molecule is C#CCC(C/C=C/CC)C[C@@H]1CC[C@@]2(C)C(CC[C@@H]2[C@H](C)CCCC(C)C)[C@]1(O)CC=C. The summed E-state index contributed by atoms with van der Waals surface area (Å²) in [7, 11) is 0. The zero-order chi connectivity index (χ0) is 23.8. The molecule has 0 aromatic carbocycles. The van der Waals surface area contributed by atoms with Gasteiger partial charge < -0.3 is 5.11 Å². The topological polar surface area (TPSA) is 20.2 Å². The fraction of sp³-hybridized carbons (Fsp3) is 0.806. The second-order valence-corrected chi connectivity index (χ2v) is 11.9. The van der Waals surface area contributed by atoms with Gasteiger partial charge in [0.1, 0.15) is 0 Å². The van der Waals surface area contributed by atoms with Crippen molar-refractivity contribution >= 4 is 0 Å². The van der Waals surface area contributed by atoms with Gasteiger partial charge in [-0.15, -0.1) is 18.9 Å². The van der Waals surface area contributed by atoms with E-state index >= 15 is 0 Å². The lowest BCUT2D eigenvalue weighted by molar-refractivity contribution is -0.150. The van der Waals surface area contributed by atoms with E-state index in [0.29, 0.717) is 17.8 Å². The van der Waals surface area contributed by atoms with Crippen LogP contribution in [0.3, 0.4) is 0 Å². The molecule has 2 rings (SSSR count). The van der Waals surface area contributed by atoms with E-state index in [0.717, 1.165) is 56.3 Å². The molecule has 7 atom stereocenters. The normalized spacial score (nSPS) is 34.4. The molecule has 0 spiro atoms. The van der Waals surface area contributed by atoms with Gasteiger partial charge in [-0.3, -0.25) is 0 Å². The van der Waals surface area contributed by atoms with Gasteiger partial charge in [0.05, 0.1) is 5.60 Å². The fourth-order valence-corrected chi connectivity index (χ4v) is 7.60. The van der Waals surface area contributed by atoms with Gasteiger partial charge in [-0.1, -0.05) is 72.1 Å². The van der Waals surface area contributed by atoms with Gasteiger partial charge in [-0.05, 0) is 92.3 Å². The molecule has 0 radical (unpaired) electrons. The molecule has 2 fully saturated rings. The molecule has 0 bridgehead atoms. The molecule has 0 aliphatic heterocycles. The Morgan fingerprint density at radius 2 is 1.91 bits per heavy atom. The van der Waals surface area contributed by atoms with Crippen molar-refractivity contribution in [1.29, 1.82) is 0 Å². The van der Waals surface area contributed by atoms with E-state index in [2.05, 4.69) is 59.3 Å². The molecule has 32 heavy (non-hydrogen) atoms. The van der Waals surface area contributed by atoms with Crippen LogP contribution in [0, 0.1) is 53.3 Å². The van der Waals surface area contributed by atoms with Crippen molar-refractivity contribution in [3.63, 3.8) is 0 Å². The lowest BCUT2D eigenvalue weighted by Gasteiger charge is -2.55.